The van der Waals surface area contributed by atoms with Gasteiger partial charge in [-0.1, -0.05) is 48.5 Å². The smallest absolute Gasteiger partial charge is 0.309 e. The molecule has 0 bridgehead atoms. The van der Waals surface area contributed by atoms with Gasteiger partial charge in [-0.25, -0.2) is 0 Å². The number of alkyl halides is 3. The van der Waals surface area contributed by atoms with E-state index in [1.807, 2.05) is 72.8 Å². The van der Waals surface area contributed by atoms with Crippen LogP contribution in [0, 0.1) is 0 Å². The molecule has 0 N–H and O–H groups in total. The zero-order valence-corrected chi connectivity index (χ0v) is 22.2. The van der Waals surface area contributed by atoms with E-state index in [9.17, 15) is 13.2 Å². The molecular formula is C31H18F3OPS2. The number of halogens is 3. The second-order valence-corrected chi connectivity index (χ2v) is 14.1. The lowest BCUT2D eigenvalue weighted by molar-refractivity contribution is -0.137. The quantitative estimate of drug-likeness (QED) is 0.198. The van der Waals surface area contributed by atoms with Gasteiger partial charge < -0.3 is 4.57 Å². The first-order valence-corrected chi connectivity index (χ1v) is 15.3. The molecular weight excluding hydrogens is 540 g/mol. The van der Waals surface area contributed by atoms with Crippen LogP contribution < -0.4 is 15.9 Å². The number of thiophene rings is 2. The molecule has 1 nitrogen and oxygen atoms in total. The molecule has 0 aliphatic rings. The van der Waals surface area contributed by atoms with Crippen LogP contribution in [0.4, 0.5) is 13.2 Å². The van der Waals surface area contributed by atoms with Gasteiger partial charge in [0.15, 0.2) is 7.14 Å². The van der Waals surface area contributed by atoms with Crippen LogP contribution in [0.15, 0.2) is 109 Å². The molecule has 7 rings (SSSR count). The Morgan fingerprint density at radius 2 is 0.921 bits per heavy atom. The second kappa shape index (κ2) is 8.54. The van der Waals surface area contributed by atoms with Crippen LogP contribution in [-0.4, -0.2) is 0 Å². The SMILES string of the molecule is O=P(c1ccc(C(F)(F)F)cc1)(c1ccc2sc3ccccc3c2c1)c1ccc2sc3ccccc3c2c1. The Kier molecular flexibility index (Phi) is 5.31. The number of hydrogen-bond donors (Lipinski definition) is 0. The Morgan fingerprint density at radius 1 is 0.500 bits per heavy atom. The van der Waals surface area contributed by atoms with Gasteiger partial charge in [-0.2, -0.15) is 13.2 Å². The first-order chi connectivity index (χ1) is 18.3. The Balaban J connectivity index is 1.51. The maximum atomic E-state index is 15.3. The Bertz CT molecular complexity index is 1930. The molecule has 0 radical (unpaired) electrons. The average molecular weight is 559 g/mol. The summed E-state index contributed by atoms with van der Waals surface area (Å²) in [5.74, 6) is 0. The van der Waals surface area contributed by atoms with Crippen LogP contribution in [0.1, 0.15) is 5.56 Å². The van der Waals surface area contributed by atoms with E-state index in [-0.39, 0.29) is 0 Å². The van der Waals surface area contributed by atoms with Gasteiger partial charge >= 0.3 is 6.18 Å². The number of fused-ring (bicyclic) bond motifs is 6. The monoisotopic (exact) mass is 558 g/mol. The van der Waals surface area contributed by atoms with Crippen molar-refractivity contribution in [1.29, 1.82) is 0 Å². The molecule has 0 fully saturated rings. The van der Waals surface area contributed by atoms with Gasteiger partial charge in [0, 0.05) is 56.3 Å². The molecule has 2 heterocycles. The summed E-state index contributed by atoms with van der Waals surface area (Å²) in [5.41, 5.74) is -0.758. The number of benzene rings is 5. The second-order valence-electron chi connectivity index (χ2n) is 9.21. The molecule has 0 saturated carbocycles. The zero-order valence-electron chi connectivity index (χ0n) is 19.7. The maximum Gasteiger partial charge on any atom is 0.416 e. The molecule has 7 heteroatoms. The number of rotatable bonds is 3. The van der Waals surface area contributed by atoms with Crippen molar-refractivity contribution in [1.82, 2.24) is 0 Å². The molecule has 5 aromatic carbocycles. The Morgan fingerprint density at radius 3 is 1.39 bits per heavy atom. The molecule has 0 atom stereocenters. The van der Waals surface area contributed by atoms with Gasteiger partial charge in [-0.05, 0) is 60.7 Å². The lowest BCUT2D eigenvalue weighted by atomic mass is 10.1. The van der Waals surface area contributed by atoms with Crippen LogP contribution in [0.25, 0.3) is 40.3 Å². The highest BCUT2D eigenvalue weighted by atomic mass is 32.1. The number of hydrogen-bond acceptors (Lipinski definition) is 3. The molecule has 0 unspecified atom stereocenters. The minimum Gasteiger partial charge on any atom is -0.309 e. The van der Waals surface area contributed by atoms with Gasteiger partial charge in [-0.15, -0.1) is 22.7 Å². The van der Waals surface area contributed by atoms with E-state index in [1.165, 1.54) is 12.1 Å². The summed E-state index contributed by atoms with van der Waals surface area (Å²) in [6.45, 7) is 0. The van der Waals surface area contributed by atoms with Crippen LogP contribution in [0.2, 0.25) is 0 Å². The maximum absolute atomic E-state index is 15.3. The standard InChI is InChI=1S/C31H18F3OPS2/c32-31(33,34)19-9-11-20(12-10-19)36(35,21-13-15-29-25(17-21)23-5-1-3-7-27(23)37-29)22-14-16-30-26(18-22)24-6-2-4-8-28(24)38-30/h1-18H. The topological polar surface area (TPSA) is 17.1 Å². The van der Waals surface area contributed by atoms with Crippen molar-refractivity contribution in [3.05, 3.63) is 115 Å². The first kappa shape index (κ1) is 23.7. The van der Waals surface area contributed by atoms with Crippen molar-refractivity contribution >= 4 is 86.1 Å². The fourth-order valence-corrected chi connectivity index (χ4v) is 9.95. The highest BCUT2D eigenvalue weighted by molar-refractivity contribution is 7.85. The Hall–Kier alpha value is -3.44. The third-order valence-electron chi connectivity index (χ3n) is 7.01. The van der Waals surface area contributed by atoms with Crippen LogP contribution in [0.5, 0.6) is 0 Å². The summed E-state index contributed by atoms with van der Waals surface area (Å²) in [6.07, 6.45) is -4.47. The van der Waals surface area contributed by atoms with Crippen molar-refractivity contribution in [2.45, 2.75) is 6.18 Å². The fourth-order valence-electron chi connectivity index (χ4n) is 5.13. The molecule has 2 aromatic heterocycles. The van der Waals surface area contributed by atoms with Gasteiger partial charge in [0.05, 0.1) is 5.56 Å². The normalized spacial score (nSPS) is 12.7. The zero-order chi connectivity index (χ0) is 26.1. The van der Waals surface area contributed by atoms with E-state index in [2.05, 4.69) is 12.1 Å². The first-order valence-electron chi connectivity index (χ1n) is 11.9. The minimum atomic E-state index is -4.47. The van der Waals surface area contributed by atoms with Crippen molar-refractivity contribution in [2.24, 2.45) is 0 Å². The summed E-state index contributed by atoms with van der Waals surface area (Å²) in [7, 11) is -3.52. The molecule has 0 aliphatic heterocycles. The lowest BCUT2D eigenvalue weighted by Gasteiger charge is -2.21. The molecule has 186 valence electrons. The summed E-state index contributed by atoms with van der Waals surface area (Å²) >= 11 is 3.34. The summed E-state index contributed by atoms with van der Waals surface area (Å²) in [5, 5.41) is 5.73. The van der Waals surface area contributed by atoms with Crippen molar-refractivity contribution in [2.75, 3.05) is 0 Å². The molecule has 0 amide bonds. The molecule has 7 aromatic rings. The lowest BCUT2D eigenvalue weighted by Crippen LogP contribution is -2.25. The summed E-state index contributed by atoms with van der Waals surface area (Å²) in [6, 6.07) is 32.6. The van der Waals surface area contributed by atoms with E-state index in [4.69, 9.17) is 0 Å². The third kappa shape index (κ3) is 3.63. The van der Waals surface area contributed by atoms with Gasteiger partial charge in [-0.3, -0.25) is 0 Å². The van der Waals surface area contributed by atoms with Crippen molar-refractivity contribution < 1.29 is 17.7 Å². The van der Waals surface area contributed by atoms with E-state index >= 15 is 4.57 Å². The fraction of sp³-hybridized carbons (Fsp3) is 0.0323. The molecule has 38 heavy (non-hydrogen) atoms. The van der Waals surface area contributed by atoms with Gasteiger partial charge in [0.1, 0.15) is 0 Å². The van der Waals surface area contributed by atoms with Gasteiger partial charge in [0.25, 0.3) is 0 Å². The highest BCUT2D eigenvalue weighted by Crippen LogP contribution is 2.46. The van der Waals surface area contributed by atoms with Crippen LogP contribution in [0.3, 0.4) is 0 Å². The van der Waals surface area contributed by atoms with Crippen LogP contribution in [-0.2, 0) is 10.7 Å². The predicted molar refractivity (Wildman–Crippen MR) is 157 cm³/mol. The summed E-state index contributed by atoms with van der Waals surface area (Å²) < 4.78 is 59.8. The van der Waals surface area contributed by atoms with Crippen molar-refractivity contribution in [3.63, 3.8) is 0 Å². The molecule has 0 spiro atoms. The van der Waals surface area contributed by atoms with E-state index < -0.39 is 18.9 Å². The highest BCUT2D eigenvalue weighted by Gasteiger charge is 2.34. The Labute approximate surface area is 224 Å². The predicted octanol–water partition coefficient (Wildman–Crippen LogP) is 9.08. The van der Waals surface area contributed by atoms with E-state index in [1.54, 1.807) is 22.7 Å². The van der Waals surface area contributed by atoms with Crippen LogP contribution >= 0.6 is 29.8 Å². The third-order valence-corrected chi connectivity index (χ3v) is 12.3. The van der Waals surface area contributed by atoms with E-state index in [0.29, 0.717) is 15.9 Å². The molecule has 0 saturated heterocycles. The summed E-state index contributed by atoms with van der Waals surface area (Å²) in [4.78, 5) is 0. The van der Waals surface area contributed by atoms with Crippen molar-refractivity contribution in [3.8, 4) is 0 Å². The average Bonchev–Trinajstić information content (AvgIpc) is 3.49. The largest absolute Gasteiger partial charge is 0.416 e. The minimum absolute atomic E-state index is 0.378. The van der Waals surface area contributed by atoms with Gasteiger partial charge in [0.2, 0.25) is 0 Å². The van der Waals surface area contributed by atoms with E-state index in [0.717, 1.165) is 52.5 Å². The molecule has 0 aliphatic carbocycles.